The van der Waals surface area contributed by atoms with E-state index >= 15 is 0 Å². The average molecular weight is 407 g/mol. The fourth-order valence-corrected chi connectivity index (χ4v) is 3.49. The third-order valence-electron chi connectivity index (χ3n) is 5.94. The zero-order valence-corrected chi connectivity index (χ0v) is 17.3. The molecule has 1 fully saturated rings. The van der Waals surface area contributed by atoms with Crippen LogP contribution in [0.3, 0.4) is 0 Å². The standard InChI is InChI=1S/C22H22BNO6/c1-21(2)22(3,4)30-23(29-21)18-14(12-25)8-7-11-17(18)28-13-24-19(26)15-9-5-6-10-16(15)20(24)27/h5-12H,13H2,1-4H3. The van der Waals surface area contributed by atoms with E-state index in [-0.39, 0.29) is 6.73 Å². The van der Waals surface area contributed by atoms with Gasteiger partial charge in [0.1, 0.15) is 12.0 Å². The van der Waals surface area contributed by atoms with Gasteiger partial charge < -0.3 is 14.0 Å². The summed E-state index contributed by atoms with van der Waals surface area (Å²) in [6.45, 7) is 7.36. The van der Waals surface area contributed by atoms with E-state index in [1.807, 2.05) is 27.7 Å². The van der Waals surface area contributed by atoms with Gasteiger partial charge in [0, 0.05) is 11.0 Å². The molecule has 0 aliphatic carbocycles. The number of benzene rings is 2. The normalized spacial score (nSPS) is 19.2. The molecule has 154 valence electrons. The van der Waals surface area contributed by atoms with Crippen molar-refractivity contribution >= 4 is 30.7 Å². The number of amides is 2. The minimum atomic E-state index is -0.825. The van der Waals surface area contributed by atoms with Gasteiger partial charge in [-0.3, -0.25) is 14.4 Å². The molecule has 2 amide bonds. The largest absolute Gasteiger partial charge is 0.499 e. The van der Waals surface area contributed by atoms with Gasteiger partial charge in [0.15, 0.2) is 6.73 Å². The van der Waals surface area contributed by atoms with Crippen molar-refractivity contribution < 1.29 is 28.4 Å². The summed E-state index contributed by atoms with van der Waals surface area (Å²) in [4.78, 5) is 37.9. The summed E-state index contributed by atoms with van der Waals surface area (Å²) in [5.74, 6) is -0.520. The Morgan fingerprint density at radius 3 is 2.03 bits per heavy atom. The van der Waals surface area contributed by atoms with E-state index < -0.39 is 30.1 Å². The molecular formula is C22H22BNO6. The monoisotopic (exact) mass is 407 g/mol. The molecule has 8 heteroatoms. The number of fused-ring (bicyclic) bond motifs is 1. The molecule has 1 saturated heterocycles. The number of hydrogen-bond donors (Lipinski definition) is 0. The van der Waals surface area contributed by atoms with Gasteiger partial charge in [-0.2, -0.15) is 0 Å². The predicted octanol–water partition coefficient (Wildman–Crippen LogP) is 2.43. The summed E-state index contributed by atoms with van der Waals surface area (Å²) in [7, 11) is -0.825. The van der Waals surface area contributed by atoms with E-state index in [9.17, 15) is 14.4 Å². The molecule has 2 aliphatic rings. The zero-order chi connectivity index (χ0) is 21.7. The van der Waals surface area contributed by atoms with Gasteiger partial charge in [-0.05, 0) is 45.9 Å². The second-order valence-corrected chi connectivity index (χ2v) is 8.32. The van der Waals surface area contributed by atoms with Crippen molar-refractivity contribution in [3.05, 3.63) is 59.2 Å². The number of ether oxygens (including phenoxy) is 1. The fraction of sp³-hybridized carbons (Fsp3) is 0.318. The molecule has 0 saturated carbocycles. The summed E-state index contributed by atoms with van der Waals surface area (Å²) in [5.41, 5.74) is 0.273. The Hall–Kier alpha value is -2.97. The first-order valence-corrected chi connectivity index (χ1v) is 9.68. The van der Waals surface area contributed by atoms with Crippen LogP contribution in [0.2, 0.25) is 0 Å². The molecule has 2 aliphatic heterocycles. The second kappa shape index (κ2) is 7.07. The van der Waals surface area contributed by atoms with Gasteiger partial charge in [-0.1, -0.05) is 24.3 Å². The smallest absolute Gasteiger partial charge is 0.473 e. The van der Waals surface area contributed by atoms with E-state index in [1.54, 1.807) is 42.5 Å². The Kier molecular flexibility index (Phi) is 4.79. The minimum Gasteiger partial charge on any atom is -0.473 e. The number of rotatable bonds is 5. The molecular weight excluding hydrogens is 385 g/mol. The third-order valence-corrected chi connectivity index (χ3v) is 5.94. The molecule has 0 N–H and O–H groups in total. The lowest BCUT2D eigenvalue weighted by atomic mass is 9.75. The van der Waals surface area contributed by atoms with Crippen molar-refractivity contribution in [2.75, 3.05) is 6.73 Å². The second-order valence-electron chi connectivity index (χ2n) is 8.32. The van der Waals surface area contributed by atoms with Crippen LogP contribution in [0.1, 0.15) is 58.8 Å². The van der Waals surface area contributed by atoms with Crippen LogP contribution in [0.5, 0.6) is 5.75 Å². The van der Waals surface area contributed by atoms with Crippen LogP contribution in [-0.2, 0) is 9.31 Å². The molecule has 4 rings (SSSR count). The quantitative estimate of drug-likeness (QED) is 0.430. The maximum absolute atomic E-state index is 12.6. The van der Waals surface area contributed by atoms with Crippen LogP contribution in [0, 0.1) is 0 Å². The molecule has 0 atom stereocenters. The zero-order valence-electron chi connectivity index (χ0n) is 17.3. The average Bonchev–Trinajstić information content (AvgIpc) is 3.08. The van der Waals surface area contributed by atoms with Crippen LogP contribution < -0.4 is 10.2 Å². The number of hydrogen-bond acceptors (Lipinski definition) is 6. The van der Waals surface area contributed by atoms with E-state index in [1.165, 1.54) is 0 Å². The maximum Gasteiger partial charge on any atom is 0.499 e. The van der Waals surface area contributed by atoms with Crippen LogP contribution >= 0.6 is 0 Å². The Morgan fingerprint density at radius 2 is 1.50 bits per heavy atom. The van der Waals surface area contributed by atoms with Crippen LogP contribution in [-0.4, -0.2) is 48.1 Å². The minimum absolute atomic E-state index is 0.291. The number of nitrogens with zero attached hydrogens (tertiary/aromatic N) is 1. The highest BCUT2D eigenvalue weighted by molar-refractivity contribution is 6.64. The lowest BCUT2D eigenvalue weighted by molar-refractivity contribution is 0.00578. The topological polar surface area (TPSA) is 82.1 Å². The number of carbonyl (C=O) groups excluding carboxylic acids is 3. The van der Waals surface area contributed by atoms with E-state index in [0.29, 0.717) is 34.2 Å². The summed E-state index contributed by atoms with van der Waals surface area (Å²) in [5, 5.41) is 0. The Balaban J connectivity index is 1.62. The molecule has 0 radical (unpaired) electrons. The van der Waals surface area contributed by atoms with E-state index in [4.69, 9.17) is 14.0 Å². The first kappa shape index (κ1) is 20.3. The van der Waals surface area contributed by atoms with Crippen LogP contribution in [0.15, 0.2) is 42.5 Å². The Labute approximate surface area is 175 Å². The van der Waals surface area contributed by atoms with Gasteiger partial charge in [-0.25, -0.2) is 4.90 Å². The third kappa shape index (κ3) is 3.12. The van der Waals surface area contributed by atoms with Crippen LogP contribution in [0.25, 0.3) is 0 Å². The summed E-state index contributed by atoms with van der Waals surface area (Å²) < 4.78 is 18.0. The predicted molar refractivity (Wildman–Crippen MR) is 110 cm³/mol. The molecule has 2 aromatic rings. The van der Waals surface area contributed by atoms with Gasteiger partial charge in [0.25, 0.3) is 11.8 Å². The van der Waals surface area contributed by atoms with Crippen molar-refractivity contribution in [3.63, 3.8) is 0 Å². The summed E-state index contributed by atoms with van der Waals surface area (Å²) in [6.07, 6.45) is 0.704. The van der Waals surface area contributed by atoms with Crippen molar-refractivity contribution in [3.8, 4) is 5.75 Å². The highest BCUT2D eigenvalue weighted by Crippen LogP contribution is 2.37. The molecule has 0 spiro atoms. The van der Waals surface area contributed by atoms with Crippen molar-refractivity contribution in [2.24, 2.45) is 0 Å². The van der Waals surface area contributed by atoms with Gasteiger partial charge in [0.2, 0.25) is 0 Å². The first-order valence-electron chi connectivity index (χ1n) is 9.68. The molecule has 30 heavy (non-hydrogen) atoms. The van der Waals surface area contributed by atoms with Crippen molar-refractivity contribution in [1.29, 1.82) is 0 Å². The fourth-order valence-electron chi connectivity index (χ4n) is 3.49. The Bertz CT molecular complexity index is 997. The van der Waals surface area contributed by atoms with Gasteiger partial charge >= 0.3 is 7.12 Å². The maximum atomic E-state index is 12.6. The highest BCUT2D eigenvalue weighted by Gasteiger charge is 2.53. The summed E-state index contributed by atoms with van der Waals surface area (Å²) >= 11 is 0. The molecule has 0 bridgehead atoms. The lowest BCUT2D eigenvalue weighted by Crippen LogP contribution is -2.41. The molecule has 0 aromatic heterocycles. The highest BCUT2D eigenvalue weighted by atomic mass is 16.7. The number of carbonyl (C=O) groups is 3. The lowest BCUT2D eigenvalue weighted by Gasteiger charge is -2.32. The van der Waals surface area contributed by atoms with Crippen LogP contribution in [0.4, 0.5) is 0 Å². The molecule has 2 aromatic carbocycles. The SMILES string of the molecule is CC1(C)OB(c2c(C=O)cccc2OCN2C(=O)c3ccccc3C2=O)OC1(C)C. The number of aldehydes is 1. The van der Waals surface area contributed by atoms with Gasteiger partial charge in [0.05, 0.1) is 22.3 Å². The number of imide groups is 1. The molecule has 2 heterocycles. The molecule has 7 nitrogen and oxygen atoms in total. The van der Waals surface area contributed by atoms with Crippen molar-refractivity contribution in [2.45, 2.75) is 38.9 Å². The van der Waals surface area contributed by atoms with E-state index in [0.717, 1.165) is 4.90 Å². The van der Waals surface area contributed by atoms with E-state index in [2.05, 4.69) is 0 Å². The summed E-state index contributed by atoms with van der Waals surface area (Å²) in [6, 6.07) is 11.6. The van der Waals surface area contributed by atoms with Crippen molar-refractivity contribution in [1.82, 2.24) is 4.90 Å². The first-order chi connectivity index (χ1) is 14.2. The molecule has 0 unspecified atom stereocenters. The Morgan fingerprint density at radius 1 is 0.933 bits per heavy atom. The van der Waals surface area contributed by atoms with Gasteiger partial charge in [-0.15, -0.1) is 0 Å².